The number of nitrogen functional groups attached to an aromatic ring is 1. The van der Waals surface area contributed by atoms with Crippen molar-refractivity contribution in [3.8, 4) is 5.69 Å². The Hall–Kier alpha value is -2.87. The summed E-state index contributed by atoms with van der Waals surface area (Å²) in [4.78, 5) is 29.1. The summed E-state index contributed by atoms with van der Waals surface area (Å²) >= 11 is 0. The van der Waals surface area contributed by atoms with Crippen LogP contribution in [0.15, 0.2) is 35.3 Å². The molecule has 0 saturated heterocycles. The fourth-order valence-electron chi connectivity index (χ4n) is 4.19. The van der Waals surface area contributed by atoms with Crippen molar-refractivity contribution in [2.24, 2.45) is 0 Å². The topological polar surface area (TPSA) is 113 Å². The van der Waals surface area contributed by atoms with Gasteiger partial charge in [-0.2, -0.15) is 4.98 Å². The van der Waals surface area contributed by atoms with Crippen molar-refractivity contribution >= 4 is 11.9 Å². The van der Waals surface area contributed by atoms with Gasteiger partial charge in [-0.25, -0.2) is 9.59 Å². The number of carbonyl (C=O) groups is 1. The molecule has 0 bridgehead atoms. The molecule has 2 heterocycles. The summed E-state index contributed by atoms with van der Waals surface area (Å²) in [6, 6.07) is 8.21. The Morgan fingerprint density at radius 3 is 2.59 bits per heavy atom. The fraction of sp³-hybridized carbons (Fsp3) is 0.421. The van der Waals surface area contributed by atoms with E-state index in [9.17, 15) is 9.59 Å². The van der Waals surface area contributed by atoms with Crippen LogP contribution in [-0.4, -0.2) is 37.7 Å². The summed E-state index contributed by atoms with van der Waals surface area (Å²) in [6.45, 7) is 1.74. The zero-order chi connectivity index (χ0) is 19.0. The molecule has 4 rings (SSSR count). The van der Waals surface area contributed by atoms with Gasteiger partial charge in [0.15, 0.2) is 0 Å². The van der Waals surface area contributed by atoms with Crippen molar-refractivity contribution in [2.45, 2.75) is 50.9 Å². The van der Waals surface area contributed by atoms with Crippen LogP contribution < -0.4 is 16.7 Å². The van der Waals surface area contributed by atoms with Crippen LogP contribution in [0.1, 0.15) is 36.8 Å². The van der Waals surface area contributed by atoms with Gasteiger partial charge >= 0.3 is 11.8 Å². The van der Waals surface area contributed by atoms with E-state index in [1.54, 1.807) is 12.3 Å². The minimum atomic E-state index is -0.938. The number of rotatable bonds is 3. The molecule has 0 unspecified atom stereocenters. The lowest BCUT2D eigenvalue weighted by Gasteiger charge is -2.34. The van der Waals surface area contributed by atoms with Crippen molar-refractivity contribution in [3.05, 3.63) is 52.1 Å². The molecule has 2 aliphatic rings. The summed E-state index contributed by atoms with van der Waals surface area (Å²) < 4.78 is 1.50. The van der Waals surface area contributed by atoms with Crippen LogP contribution >= 0.6 is 0 Å². The first-order valence-corrected chi connectivity index (χ1v) is 9.20. The number of aromatic nitrogens is 2. The molecule has 0 atom stereocenters. The standard InChI is InChI=1S/C19H23N5O3/c20-17-7-8-24(18(25)22-17)16-4-1-12-10-23(11-13(12)9-16)15-5-2-14(3-6-15)21-19(26)27/h1,4,7-9,14-15,21H,2-3,5-6,10-11H2,(H,26,27)(H2,20,22,25). The fourth-order valence-corrected chi connectivity index (χ4v) is 4.19. The smallest absolute Gasteiger partial charge is 0.404 e. The highest BCUT2D eigenvalue weighted by Gasteiger charge is 2.30. The Bertz CT molecular complexity index is 918. The van der Waals surface area contributed by atoms with E-state index in [0.717, 1.165) is 44.5 Å². The molecule has 1 fully saturated rings. The number of hydrogen-bond donors (Lipinski definition) is 3. The number of anilines is 1. The molecule has 2 aromatic rings. The van der Waals surface area contributed by atoms with E-state index in [1.807, 2.05) is 12.1 Å². The molecule has 1 aromatic carbocycles. The van der Waals surface area contributed by atoms with E-state index < -0.39 is 6.09 Å². The molecule has 1 aliphatic carbocycles. The van der Waals surface area contributed by atoms with Gasteiger partial charge in [0.2, 0.25) is 0 Å². The van der Waals surface area contributed by atoms with Gasteiger partial charge in [0, 0.05) is 31.4 Å². The van der Waals surface area contributed by atoms with E-state index >= 15 is 0 Å². The van der Waals surface area contributed by atoms with Gasteiger partial charge in [0.1, 0.15) is 5.82 Å². The van der Waals surface area contributed by atoms with Crippen molar-refractivity contribution < 1.29 is 9.90 Å². The molecule has 1 amide bonds. The zero-order valence-corrected chi connectivity index (χ0v) is 15.0. The summed E-state index contributed by atoms with van der Waals surface area (Å²) in [5.74, 6) is 0.219. The molecule has 4 N–H and O–H groups in total. The van der Waals surface area contributed by atoms with Crippen molar-refractivity contribution in [2.75, 3.05) is 5.73 Å². The number of fused-ring (bicyclic) bond motifs is 1. The molecule has 8 heteroatoms. The highest BCUT2D eigenvalue weighted by molar-refractivity contribution is 5.64. The summed E-state index contributed by atoms with van der Waals surface area (Å²) in [6.07, 6.45) is 4.45. The average Bonchev–Trinajstić information content (AvgIpc) is 3.05. The lowest BCUT2D eigenvalue weighted by molar-refractivity contribution is 0.138. The van der Waals surface area contributed by atoms with Crippen LogP contribution in [0.5, 0.6) is 0 Å². The molecule has 142 valence electrons. The molecule has 0 radical (unpaired) electrons. The number of amides is 1. The first-order chi connectivity index (χ1) is 13.0. The van der Waals surface area contributed by atoms with Gasteiger partial charge in [-0.15, -0.1) is 0 Å². The van der Waals surface area contributed by atoms with Crippen LogP contribution in [0.2, 0.25) is 0 Å². The van der Waals surface area contributed by atoms with E-state index in [2.05, 4.69) is 21.3 Å². The van der Waals surface area contributed by atoms with Crippen LogP contribution in [0.25, 0.3) is 5.69 Å². The van der Waals surface area contributed by atoms with Gasteiger partial charge < -0.3 is 16.2 Å². The SMILES string of the molecule is Nc1ccn(-c2ccc3c(c2)CN(C2CCC(NC(=O)O)CC2)C3)c(=O)n1. The number of hydrogen-bond acceptors (Lipinski definition) is 5. The number of benzene rings is 1. The molecule has 1 saturated carbocycles. The Morgan fingerprint density at radius 2 is 1.89 bits per heavy atom. The minimum Gasteiger partial charge on any atom is -0.465 e. The largest absolute Gasteiger partial charge is 0.465 e. The van der Waals surface area contributed by atoms with Crippen molar-refractivity contribution in [1.29, 1.82) is 0 Å². The molecule has 8 nitrogen and oxygen atoms in total. The van der Waals surface area contributed by atoms with Crippen LogP contribution in [0.4, 0.5) is 10.6 Å². The Balaban J connectivity index is 1.45. The predicted molar refractivity (Wildman–Crippen MR) is 101 cm³/mol. The first-order valence-electron chi connectivity index (χ1n) is 9.20. The van der Waals surface area contributed by atoms with Crippen LogP contribution in [0.3, 0.4) is 0 Å². The third-order valence-corrected chi connectivity index (χ3v) is 5.58. The molecule has 27 heavy (non-hydrogen) atoms. The number of nitrogens with one attached hydrogen (secondary N) is 1. The predicted octanol–water partition coefficient (Wildman–Crippen LogP) is 1.71. The number of nitrogens with two attached hydrogens (primary N) is 1. The second kappa shape index (κ2) is 7.03. The Labute approximate surface area is 156 Å². The number of nitrogens with zero attached hydrogens (tertiary/aromatic N) is 3. The third-order valence-electron chi connectivity index (χ3n) is 5.58. The molecular weight excluding hydrogens is 346 g/mol. The first kappa shape index (κ1) is 17.5. The number of carboxylic acid groups (broad SMARTS) is 1. The third kappa shape index (κ3) is 3.66. The minimum absolute atomic E-state index is 0.0697. The summed E-state index contributed by atoms with van der Waals surface area (Å²) in [5.41, 5.74) is 8.48. The molecule has 1 aromatic heterocycles. The maximum Gasteiger partial charge on any atom is 0.404 e. The highest BCUT2D eigenvalue weighted by atomic mass is 16.4. The van der Waals surface area contributed by atoms with Gasteiger partial charge in [-0.3, -0.25) is 9.47 Å². The Kier molecular flexibility index (Phi) is 4.57. The maximum absolute atomic E-state index is 12.1. The quantitative estimate of drug-likeness (QED) is 0.759. The second-order valence-electron chi connectivity index (χ2n) is 7.32. The van der Waals surface area contributed by atoms with Gasteiger partial charge in [0.25, 0.3) is 0 Å². The van der Waals surface area contributed by atoms with E-state index in [4.69, 9.17) is 10.8 Å². The highest BCUT2D eigenvalue weighted by Crippen LogP contribution is 2.32. The maximum atomic E-state index is 12.1. The van der Waals surface area contributed by atoms with Crippen molar-refractivity contribution in [3.63, 3.8) is 0 Å². The van der Waals surface area contributed by atoms with E-state index in [1.165, 1.54) is 15.7 Å². The molecular formula is C19H23N5O3. The Morgan fingerprint density at radius 1 is 1.15 bits per heavy atom. The van der Waals surface area contributed by atoms with Crippen LogP contribution in [-0.2, 0) is 13.1 Å². The normalized spacial score (nSPS) is 22.4. The van der Waals surface area contributed by atoms with E-state index in [0.29, 0.717) is 6.04 Å². The summed E-state index contributed by atoms with van der Waals surface area (Å²) in [5, 5.41) is 11.5. The zero-order valence-electron chi connectivity index (χ0n) is 15.0. The van der Waals surface area contributed by atoms with E-state index in [-0.39, 0.29) is 17.5 Å². The second-order valence-corrected chi connectivity index (χ2v) is 7.32. The lowest BCUT2D eigenvalue weighted by atomic mass is 9.90. The van der Waals surface area contributed by atoms with Gasteiger partial charge in [-0.1, -0.05) is 6.07 Å². The lowest BCUT2D eigenvalue weighted by Crippen LogP contribution is -2.42. The summed E-state index contributed by atoms with van der Waals surface area (Å²) in [7, 11) is 0. The van der Waals surface area contributed by atoms with Gasteiger partial charge in [0.05, 0.1) is 5.69 Å². The van der Waals surface area contributed by atoms with Crippen LogP contribution in [0, 0.1) is 0 Å². The average molecular weight is 369 g/mol. The molecule has 1 aliphatic heterocycles. The monoisotopic (exact) mass is 369 g/mol. The van der Waals surface area contributed by atoms with Crippen molar-refractivity contribution in [1.82, 2.24) is 19.8 Å². The van der Waals surface area contributed by atoms with Gasteiger partial charge in [-0.05, 0) is 55.0 Å². The molecule has 0 spiro atoms.